The van der Waals surface area contributed by atoms with Crippen molar-refractivity contribution in [2.45, 2.75) is 30.8 Å². The van der Waals surface area contributed by atoms with Gasteiger partial charge in [0.15, 0.2) is 0 Å². The van der Waals surface area contributed by atoms with E-state index in [1.807, 2.05) is 19.2 Å². The van der Waals surface area contributed by atoms with Gasteiger partial charge in [-0.15, -0.1) is 11.3 Å². The molecular weight excluding hydrogens is 442 g/mol. The Kier molecular flexibility index (Phi) is 8.14. The van der Waals surface area contributed by atoms with Crippen LogP contribution in [0.2, 0.25) is 0 Å². The number of nitrogens with zero attached hydrogens (tertiary/aromatic N) is 2. The first-order chi connectivity index (χ1) is 16.5. The molecule has 4 rings (SSSR count). The fourth-order valence-electron chi connectivity index (χ4n) is 5.14. The zero-order valence-corrected chi connectivity index (χ0v) is 21.4. The van der Waals surface area contributed by atoms with Crippen molar-refractivity contribution in [3.05, 3.63) is 76.5 Å². The van der Waals surface area contributed by atoms with Gasteiger partial charge in [0, 0.05) is 36.3 Å². The highest BCUT2D eigenvalue weighted by Gasteiger charge is 2.37. The molecule has 0 aliphatic carbocycles. The molecule has 3 aromatic rings. The fraction of sp³-hybridized carbons (Fsp3) is 0.429. The number of rotatable bonds is 10. The van der Waals surface area contributed by atoms with E-state index < -0.39 is 0 Å². The summed E-state index contributed by atoms with van der Waals surface area (Å²) in [5.74, 6) is 1.30. The maximum atomic E-state index is 10.1. The van der Waals surface area contributed by atoms with Gasteiger partial charge >= 0.3 is 0 Å². The Bertz CT molecular complexity index is 1030. The maximum Gasteiger partial charge on any atom is 0.143 e. The Morgan fingerprint density at radius 1 is 1.09 bits per heavy atom. The van der Waals surface area contributed by atoms with Crippen LogP contribution >= 0.6 is 11.3 Å². The molecule has 1 aliphatic heterocycles. The van der Waals surface area contributed by atoms with Crippen LogP contribution < -0.4 is 15.0 Å². The molecule has 1 fully saturated rings. The largest absolute Gasteiger partial charge is 0.508 e. The Hall–Kier alpha value is -2.54. The first kappa shape index (κ1) is 24.6. The van der Waals surface area contributed by atoms with Gasteiger partial charge in [0.2, 0.25) is 0 Å². The molecule has 1 atom stereocenters. The summed E-state index contributed by atoms with van der Waals surface area (Å²) < 4.78 is 6.65. The zero-order chi connectivity index (χ0) is 24.0. The van der Waals surface area contributed by atoms with Crippen molar-refractivity contribution in [1.29, 1.82) is 0 Å². The van der Waals surface area contributed by atoms with Gasteiger partial charge in [-0.25, -0.2) is 0 Å². The van der Waals surface area contributed by atoms with E-state index in [2.05, 4.69) is 77.1 Å². The van der Waals surface area contributed by atoms with Crippen LogP contribution in [0.25, 0.3) is 0 Å². The molecule has 2 N–H and O–H groups in total. The second-order valence-electron chi connectivity index (χ2n) is 9.54. The van der Waals surface area contributed by atoms with Gasteiger partial charge in [-0.3, -0.25) is 0 Å². The van der Waals surface area contributed by atoms with Crippen LogP contribution in [0.4, 0.5) is 5.69 Å². The van der Waals surface area contributed by atoms with Crippen molar-refractivity contribution in [1.82, 2.24) is 10.2 Å². The first-order valence-corrected chi connectivity index (χ1v) is 13.0. The topological polar surface area (TPSA) is 48.0 Å². The number of benzene rings is 2. The smallest absolute Gasteiger partial charge is 0.143 e. The van der Waals surface area contributed by atoms with E-state index >= 15 is 0 Å². The Morgan fingerprint density at radius 3 is 2.56 bits per heavy atom. The van der Waals surface area contributed by atoms with Crippen molar-refractivity contribution >= 4 is 17.0 Å². The summed E-state index contributed by atoms with van der Waals surface area (Å²) in [6.45, 7) is 3.77. The zero-order valence-electron chi connectivity index (χ0n) is 20.5. The monoisotopic (exact) mass is 479 g/mol. The van der Waals surface area contributed by atoms with E-state index in [-0.39, 0.29) is 11.5 Å². The lowest BCUT2D eigenvalue weighted by Gasteiger charge is -2.45. The highest BCUT2D eigenvalue weighted by molar-refractivity contribution is 7.10. The van der Waals surface area contributed by atoms with Crippen LogP contribution in [0.1, 0.15) is 35.8 Å². The van der Waals surface area contributed by atoms with E-state index in [0.717, 1.165) is 51.2 Å². The van der Waals surface area contributed by atoms with Crippen LogP contribution in [0.15, 0.2) is 66.0 Å². The predicted octanol–water partition coefficient (Wildman–Crippen LogP) is 5.28. The quantitative estimate of drug-likeness (QED) is 0.414. The Labute approximate surface area is 208 Å². The summed E-state index contributed by atoms with van der Waals surface area (Å²) in [4.78, 5) is 6.00. The van der Waals surface area contributed by atoms with Gasteiger partial charge in [-0.1, -0.05) is 30.3 Å². The molecule has 2 heterocycles. The van der Waals surface area contributed by atoms with E-state index in [4.69, 9.17) is 4.74 Å². The molecule has 0 bridgehead atoms. The van der Waals surface area contributed by atoms with Crippen molar-refractivity contribution in [3.63, 3.8) is 0 Å². The number of piperidine rings is 1. The van der Waals surface area contributed by atoms with E-state index in [1.165, 1.54) is 16.1 Å². The molecule has 5 nitrogen and oxygen atoms in total. The maximum absolute atomic E-state index is 10.1. The van der Waals surface area contributed by atoms with Crippen LogP contribution in [0.5, 0.6) is 11.5 Å². The fourth-order valence-corrected chi connectivity index (χ4v) is 5.92. The average Bonchev–Trinajstić information content (AvgIpc) is 3.37. The summed E-state index contributed by atoms with van der Waals surface area (Å²) in [5, 5.41) is 15.5. The lowest BCUT2D eigenvalue weighted by atomic mass is 9.72. The molecule has 1 aliphatic rings. The Morgan fingerprint density at radius 2 is 1.88 bits per heavy atom. The number of thiophene rings is 1. The summed E-state index contributed by atoms with van der Waals surface area (Å²) >= 11 is 1.75. The van der Waals surface area contributed by atoms with Crippen molar-refractivity contribution in [3.8, 4) is 11.5 Å². The minimum atomic E-state index is 0.0286. The lowest BCUT2D eigenvalue weighted by Crippen LogP contribution is -2.47. The van der Waals surface area contributed by atoms with Gasteiger partial charge in [0.1, 0.15) is 17.6 Å². The van der Waals surface area contributed by atoms with E-state index in [9.17, 15) is 5.11 Å². The third-order valence-corrected chi connectivity index (χ3v) is 7.75. The molecule has 34 heavy (non-hydrogen) atoms. The standard InChI is InChI=1S/C28H37N3O2S/c1-29-16-13-26(27-12-7-19-34-27)33-25-11-5-4-10-24(25)31-17-14-28(15-18-31,21-30(2)3)22-8-6-9-23(32)20-22/h4-12,19-20,26,29,32H,13-18,21H2,1-3H3/t26-/m1/s1. The van der Waals surface area contributed by atoms with Gasteiger partial charge < -0.3 is 25.0 Å². The Balaban J connectivity index is 1.54. The van der Waals surface area contributed by atoms with E-state index in [0.29, 0.717) is 5.75 Å². The molecule has 0 spiro atoms. The number of aromatic hydroxyl groups is 1. The average molecular weight is 480 g/mol. The van der Waals surface area contributed by atoms with E-state index in [1.54, 1.807) is 17.4 Å². The molecule has 0 unspecified atom stereocenters. The number of hydrogen-bond donors (Lipinski definition) is 2. The SMILES string of the molecule is CNCC[C@@H](Oc1ccccc1N1CCC(CN(C)C)(c2cccc(O)c2)CC1)c1cccs1. The highest BCUT2D eigenvalue weighted by atomic mass is 32.1. The van der Waals surface area contributed by atoms with Gasteiger partial charge in [0.25, 0.3) is 0 Å². The lowest BCUT2D eigenvalue weighted by molar-refractivity contribution is 0.197. The van der Waals surface area contributed by atoms with Crippen LogP contribution in [0.3, 0.4) is 0 Å². The van der Waals surface area contributed by atoms with Crippen LogP contribution in [-0.2, 0) is 5.41 Å². The minimum Gasteiger partial charge on any atom is -0.508 e. The molecule has 1 aromatic heterocycles. The molecule has 2 aromatic carbocycles. The molecule has 0 radical (unpaired) electrons. The summed E-state index contributed by atoms with van der Waals surface area (Å²) in [6, 6.07) is 20.6. The number of ether oxygens (including phenoxy) is 1. The van der Waals surface area contributed by atoms with Crippen molar-refractivity contribution in [2.75, 3.05) is 52.2 Å². The van der Waals surface area contributed by atoms with Gasteiger partial charge in [-0.2, -0.15) is 0 Å². The minimum absolute atomic E-state index is 0.0286. The second kappa shape index (κ2) is 11.3. The number of hydrogen-bond acceptors (Lipinski definition) is 6. The number of phenolic OH excluding ortho intramolecular Hbond substituents is 1. The first-order valence-electron chi connectivity index (χ1n) is 12.1. The van der Waals surface area contributed by atoms with Crippen LogP contribution in [-0.4, -0.2) is 57.3 Å². The number of para-hydroxylation sites is 2. The van der Waals surface area contributed by atoms with Crippen LogP contribution in [0, 0.1) is 0 Å². The number of anilines is 1. The highest BCUT2D eigenvalue weighted by Crippen LogP contribution is 2.41. The normalized spacial score (nSPS) is 16.5. The van der Waals surface area contributed by atoms with Gasteiger partial charge in [0.05, 0.1) is 5.69 Å². The molecule has 182 valence electrons. The number of phenols is 1. The molecular formula is C28H37N3O2S. The molecule has 1 saturated heterocycles. The third-order valence-electron chi connectivity index (χ3n) is 6.79. The third kappa shape index (κ3) is 5.74. The number of likely N-dealkylation sites (N-methyl/N-ethyl adjacent to an activating group) is 1. The summed E-state index contributed by atoms with van der Waals surface area (Å²) in [7, 11) is 6.26. The predicted molar refractivity (Wildman–Crippen MR) is 142 cm³/mol. The molecule has 0 amide bonds. The number of nitrogens with one attached hydrogen (secondary N) is 1. The molecule has 6 heteroatoms. The van der Waals surface area contributed by atoms with Gasteiger partial charge in [-0.05, 0) is 81.8 Å². The van der Waals surface area contributed by atoms with Crippen molar-refractivity contribution < 1.29 is 9.84 Å². The summed E-state index contributed by atoms with van der Waals surface area (Å²) in [5.41, 5.74) is 2.43. The molecule has 0 saturated carbocycles. The second-order valence-corrected chi connectivity index (χ2v) is 10.5. The van der Waals surface area contributed by atoms with Crippen molar-refractivity contribution in [2.24, 2.45) is 0 Å². The summed E-state index contributed by atoms with van der Waals surface area (Å²) in [6.07, 6.45) is 3.02.